The Labute approximate surface area is 101 Å². The maximum absolute atomic E-state index is 4.41. The number of anilines is 1. The summed E-state index contributed by atoms with van der Waals surface area (Å²) in [5, 5.41) is 3.30. The van der Waals surface area contributed by atoms with Crippen LogP contribution in [-0.2, 0) is 6.42 Å². The molecule has 0 fully saturated rings. The van der Waals surface area contributed by atoms with Gasteiger partial charge in [-0.15, -0.1) is 0 Å². The molecule has 2 heterocycles. The highest BCUT2D eigenvalue weighted by Crippen LogP contribution is 2.08. The third kappa shape index (κ3) is 3.27. The number of aryl methyl sites for hydroxylation is 3. The first-order chi connectivity index (χ1) is 8.25. The Morgan fingerprint density at radius 3 is 2.94 bits per heavy atom. The van der Waals surface area contributed by atoms with Crippen molar-refractivity contribution >= 4 is 5.82 Å². The van der Waals surface area contributed by atoms with E-state index in [0.29, 0.717) is 0 Å². The number of rotatable bonds is 5. The van der Waals surface area contributed by atoms with Gasteiger partial charge in [0.1, 0.15) is 11.6 Å². The highest BCUT2D eigenvalue weighted by molar-refractivity contribution is 5.39. The molecule has 0 aliphatic heterocycles. The van der Waals surface area contributed by atoms with Crippen LogP contribution in [0.25, 0.3) is 0 Å². The van der Waals surface area contributed by atoms with Gasteiger partial charge < -0.3 is 10.3 Å². The molecule has 0 saturated carbocycles. The lowest BCUT2D eigenvalue weighted by molar-refractivity contribution is 0.811. The molecule has 2 N–H and O–H groups in total. The van der Waals surface area contributed by atoms with Gasteiger partial charge in [-0.1, -0.05) is 0 Å². The van der Waals surface area contributed by atoms with Crippen LogP contribution in [0.1, 0.15) is 23.6 Å². The SMILES string of the molecule is Cc1cnc(C)c(NCCCc2ncc[nH]2)n1. The van der Waals surface area contributed by atoms with E-state index in [-0.39, 0.29) is 0 Å². The van der Waals surface area contributed by atoms with E-state index in [1.807, 2.05) is 20.0 Å². The molecule has 2 aromatic heterocycles. The molecule has 90 valence electrons. The summed E-state index contributed by atoms with van der Waals surface area (Å²) in [6.45, 7) is 4.78. The van der Waals surface area contributed by atoms with Crippen molar-refractivity contribution in [2.75, 3.05) is 11.9 Å². The molecule has 0 spiro atoms. The minimum Gasteiger partial charge on any atom is -0.369 e. The zero-order chi connectivity index (χ0) is 12.1. The average molecular weight is 231 g/mol. The first-order valence-electron chi connectivity index (χ1n) is 5.78. The van der Waals surface area contributed by atoms with E-state index < -0.39 is 0 Å². The Kier molecular flexibility index (Phi) is 3.69. The molecular weight excluding hydrogens is 214 g/mol. The van der Waals surface area contributed by atoms with Crippen molar-refractivity contribution in [3.05, 3.63) is 35.8 Å². The second-order valence-electron chi connectivity index (χ2n) is 4.01. The molecule has 17 heavy (non-hydrogen) atoms. The van der Waals surface area contributed by atoms with Gasteiger partial charge in [-0.25, -0.2) is 9.97 Å². The molecule has 0 aliphatic carbocycles. The van der Waals surface area contributed by atoms with Gasteiger partial charge in [0.2, 0.25) is 0 Å². The summed E-state index contributed by atoms with van der Waals surface area (Å²) in [5.74, 6) is 1.91. The van der Waals surface area contributed by atoms with Gasteiger partial charge in [-0.3, -0.25) is 4.98 Å². The fraction of sp³-hybridized carbons (Fsp3) is 0.417. The molecule has 0 radical (unpaired) electrons. The van der Waals surface area contributed by atoms with Crippen LogP contribution in [0.5, 0.6) is 0 Å². The Bertz CT molecular complexity index is 464. The van der Waals surface area contributed by atoms with Gasteiger partial charge in [0.15, 0.2) is 0 Å². The second-order valence-corrected chi connectivity index (χ2v) is 4.01. The largest absolute Gasteiger partial charge is 0.369 e. The van der Waals surface area contributed by atoms with Crippen molar-refractivity contribution in [2.45, 2.75) is 26.7 Å². The zero-order valence-corrected chi connectivity index (χ0v) is 10.2. The number of aromatic nitrogens is 4. The minimum absolute atomic E-state index is 0.875. The molecule has 0 unspecified atom stereocenters. The summed E-state index contributed by atoms with van der Waals surface area (Å²) < 4.78 is 0. The van der Waals surface area contributed by atoms with Crippen LogP contribution < -0.4 is 5.32 Å². The van der Waals surface area contributed by atoms with Crippen molar-refractivity contribution in [1.82, 2.24) is 19.9 Å². The maximum Gasteiger partial charge on any atom is 0.147 e. The van der Waals surface area contributed by atoms with Crippen molar-refractivity contribution in [3.63, 3.8) is 0 Å². The van der Waals surface area contributed by atoms with E-state index in [1.54, 1.807) is 12.4 Å². The Morgan fingerprint density at radius 1 is 1.29 bits per heavy atom. The van der Waals surface area contributed by atoms with Crippen LogP contribution >= 0.6 is 0 Å². The molecule has 2 aromatic rings. The number of hydrogen-bond acceptors (Lipinski definition) is 4. The van der Waals surface area contributed by atoms with Crippen LogP contribution in [0, 0.1) is 13.8 Å². The Hall–Kier alpha value is -1.91. The van der Waals surface area contributed by atoms with Crippen LogP contribution in [0.3, 0.4) is 0 Å². The fourth-order valence-corrected chi connectivity index (χ4v) is 1.60. The van der Waals surface area contributed by atoms with Crippen LogP contribution in [-0.4, -0.2) is 26.5 Å². The van der Waals surface area contributed by atoms with Gasteiger partial charge in [0.25, 0.3) is 0 Å². The quantitative estimate of drug-likeness (QED) is 0.771. The van der Waals surface area contributed by atoms with E-state index in [2.05, 4.69) is 25.3 Å². The predicted octanol–water partition coefficient (Wildman–Crippen LogP) is 1.86. The predicted molar refractivity (Wildman–Crippen MR) is 66.9 cm³/mol. The maximum atomic E-state index is 4.41. The van der Waals surface area contributed by atoms with E-state index in [4.69, 9.17) is 0 Å². The summed E-state index contributed by atoms with van der Waals surface area (Å²) in [5.41, 5.74) is 1.87. The Morgan fingerprint density at radius 2 is 2.18 bits per heavy atom. The van der Waals surface area contributed by atoms with Crippen molar-refractivity contribution in [3.8, 4) is 0 Å². The van der Waals surface area contributed by atoms with Crippen LogP contribution in [0.15, 0.2) is 18.6 Å². The molecule has 5 nitrogen and oxygen atoms in total. The number of imidazole rings is 1. The molecule has 0 atom stereocenters. The molecule has 5 heteroatoms. The fourth-order valence-electron chi connectivity index (χ4n) is 1.60. The number of aromatic amines is 1. The summed E-state index contributed by atoms with van der Waals surface area (Å²) in [4.78, 5) is 15.9. The van der Waals surface area contributed by atoms with Crippen molar-refractivity contribution < 1.29 is 0 Å². The average Bonchev–Trinajstić information content (AvgIpc) is 2.82. The van der Waals surface area contributed by atoms with Gasteiger partial charge in [0, 0.05) is 31.6 Å². The van der Waals surface area contributed by atoms with Crippen LogP contribution in [0.4, 0.5) is 5.82 Å². The van der Waals surface area contributed by atoms with E-state index >= 15 is 0 Å². The number of H-pyrrole nitrogens is 1. The van der Waals surface area contributed by atoms with Gasteiger partial charge in [-0.2, -0.15) is 0 Å². The smallest absolute Gasteiger partial charge is 0.147 e. The normalized spacial score (nSPS) is 10.5. The van der Waals surface area contributed by atoms with Crippen LogP contribution in [0.2, 0.25) is 0 Å². The summed E-state index contributed by atoms with van der Waals surface area (Å²) >= 11 is 0. The summed E-state index contributed by atoms with van der Waals surface area (Å²) in [6, 6.07) is 0. The minimum atomic E-state index is 0.875. The molecule has 0 saturated heterocycles. The van der Waals surface area contributed by atoms with Gasteiger partial charge in [-0.05, 0) is 20.3 Å². The van der Waals surface area contributed by atoms with E-state index in [1.165, 1.54) is 0 Å². The summed E-state index contributed by atoms with van der Waals surface area (Å²) in [6.07, 6.45) is 7.36. The molecule has 0 bridgehead atoms. The lowest BCUT2D eigenvalue weighted by Gasteiger charge is -2.07. The number of nitrogens with zero attached hydrogens (tertiary/aromatic N) is 3. The molecule has 0 aromatic carbocycles. The van der Waals surface area contributed by atoms with Gasteiger partial charge in [0.05, 0.1) is 11.4 Å². The molecule has 0 aliphatic rings. The molecule has 2 rings (SSSR count). The van der Waals surface area contributed by atoms with Gasteiger partial charge >= 0.3 is 0 Å². The first kappa shape index (κ1) is 11.6. The second kappa shape index (κ2) is 5.43. The summed E-state index contributed by atoms with van der Waals surface area (Å²) in [7, 11) is 0. The Balaban J connectivity index is 1.80. The van der Waals surface area contributed by atoms with Crippen molar-refractivity contribution in [2.24, 2.45) is 0 Å². The lowest BCUT2D eigenvalue weighted by Crippen LogP contribution is -2.08. The van der Waals surface area contributed by atoms with E-state index in [9.17, 15) is 0 Å². The van der Waals surface area contributed by atoms with E-state index in [0.717, 1.165) is 42.4 Å². The highest BCUT2D eigenvalue weighted by atomic mass is 15.0. The number of hydrogen-bond donors (Lipinski definition) is 2. The highest BCUT2D eigenvalue weighted by Gasteiger charge is 2.01. The topological polar surface area (TPSA) is 66.5 Å². The van der Waals surface area contributed by atoms with Crippen molar-refractivity contribution in [1.29, 1.82) is 0 Å². The number of nitrogens with one attached hydrogen (secondary N) is 2. The standard InChI is InChI=1S/C12H17N5/c1-9-8-16-10(2)12(17-9)15-5-3-4-11-13-6-7-14-11/h6-8H,3-5H2,1-2H3,(H,13,14)(H,15,17). The molecular formula is C12H17N5. The molecule has 0 amide bonds. The third-order valence-corrected chi connectivity index (χ3v) is 2.51. The zero-order valence-electron chi connectivity index (χ0n) is 10.2. The third-order valence-electron chi connectivity index (χ3n) is 2.51. The first-order valence-corrected chi connectivity index (χ1v) is 5.78. The monoisotopic (exact) mass is 231 g/mol. The lowest BCUT2D eigenvalue weighted by atomic mass is 10.3.